The average Bonchev–Trinajstić information content (AvgIpc) is 2.52. The van der Waals surface area contributed by atoms with Crippen molar-refractivity contribution in [2.24, 2.45) is 0 Å². The number of hydrogen-bond acceptors (Lipinski definition) is 6. The number of ether oxygens (including phenoxy) is 4. The summed E-state index contributed by atoms with van der Waals surface area (Å²) >= 11 is 0. The smallest absolute Gasteiger partial charge is 0.131 e. The minimum atomic E-state index is -0.610. The molecule has 2 aliphatic heterocycles. The lowest BCUT2D eigenvalue weighted by atomic mass is 10.0. The molecule has 1 N–H and O–H groups in total. The maximum atomic E-state index is 9.22. The van der Waals surface area contributed by atoms with Gasteiger partial charge in [-0.05, 0) is 19.8 Å². The van der Waals surface area contributed by atoms with Crippen molar-refractivity contribution in [1.82, 2.24) is 4.90 Å². The summed E-state index contributed by atoms with van der Waals surface area (Å²) in [6, 6.07) is 0. The molecule has 0 amide bonds. The molecule has 21 heavy (non-hydrogen) atoms. The van der Waals surface area contributed by atoms with E-state index in [0.717, 1.165) is 26.3 Å². The highest BCUT2D eigenvalue weighted by Crippen LogP contribution is 2.25. The summed E-state index contributed by atoms with van der Waals surface area (Å²) in [5, 5.41) is 9.22. The Bertz CT molecular complexity index is 375. The molecule has 6 heteroatoms. The van der Waals surface area contributed by atoms with Gasteiger partial charge in [-0.3, -0.25) is 4.90 Å². The molecule has 2 saturated heterocycles. The largest absolute Gasteiger partial charge is 0.443 e. The van der Waals surface area contributed by atoms with Gasteiger partial charge in [-0.1, -0.05) is 0 Å². The Kier molecular flexibility index (Phi) is 5.85. The first kappa shape index (κ1) is 16.5. The van der Waals surface area contributed by atoms with Gasteiger partial charge in [-0.25, -0.2) is 0 Å². The normalized spacial score (nSPS) is 34.0. The minimum absolute atomic E-state index is 0.0523. The molecule has 0 aromatic heterocycles. The van der Waals surface area contributed by atoms with Gasteiger partial charge in [-0.15, -0.1) is 0 Å². The molecule has 0 spiro atoms. The summed E-state index contributed by atoms with van der Waals surface area (Å²) in [4.78, 5) is 2.23. The van der Waals surface area contributed by atoms with Gasteiger partial charge in [0, 0.05) is 13.1 Å². The number of aliphatic hydroxyl groups excluding tert-OH is 1. The van der Waals surface area contributed by atoms with Gasteiger partial charge in [0.2, 0.25) is 0 Å². The second kappa shape index (κ2) is 7.43. The lowest BCUT2D eigenvalue weighted by Crippen LogP contribution is -2.54. The van der Waals surface area contributed by atoms with E-state index in [1.54, 1.807) is 0 Å². The van der Waals surface area contributed by atoms with Gasteiger partial charge in [-0.2, -0.15) is 0 Å². The molecule has 2 heterocycles. The first-order valence-electron chi connectivity index (χ1n) is 7.34. The summed E-state index contributed by atoms with van der Waals surface area (Å²) in [5.74, 6) is 3.00. The molecule has 0 bridgehead atoms. The van der Waals surface area contributed by atoms with Crippen LogP contribution in [0.2, 0.25) is 0 Å². The van der Waals surface area contributed by atoms with Crippen LogP contribution in [0.3, 0.4) is 0 Å². The van der Waals surface area contributed by atoms with Crippen molar-refractivity contribution in [3.63, 3.8) is 0 Å². The summed E-state index contributed by atoms with van der Waals surface area (Å²) in [6.07, 6.45) is 2.72. The average molecular weight is 299 g/mol. The Morgan fingerprint density at radius 1 is 1.14 bits per heavy atom. The molecular formula is C15H25NO5. The van der Waals surface area contributed by atoms with Crippen molar-refractivity contribution < 1.29 is 24.1 Å². The summed E-state index contributed by atoms with van der Waals surface area (Å²) in [7, 11) is 0. The van der Waals surface area contributed by atoms with Gasteiger partial charge in [0.1, 0.15) is 23.9 Å². The monoisotopic (exact) mass is 299 g/mol. The Morgan fingerprint density at radius 3 is 2.43 bits per heavy atom. The highest BCUT2D eigenvalue weighted by molar-refractivity contribution is 4.96. The number of aliphatic hydroxyl groups is 1. The SMILES string of the molecule is CC1(CO)COC(C)(COC#CCN2CCOCC2)CO1. The predicted molar refractivity (Wildman–Crippen MR) is 76.8 cm³/mol. The third-order valence-corrected chi connectivity index (χ3v) is 3.71. The Hall–Kier alpha value is -0.840. The van der Waals surface area contributed by atoms with Gasteiger partial charge < -0.3 is 24.1 Å². The van der Waals surface area contributed by atoms with Crippen LogP contribution < -0.4 is 0 Å². The van der Waals surface area contributed by atoms with Crippen LogP contribution in [0.15, 0.2) is 0 Å². The molecule has 2 rings (SSSR count). The van der Waals surface area contributed by atoms with Crippen LogP contribution >= 0.6 is 0 Å². The topological polar surface area (TPSA) is 60.4 Å². The molecule has 2 unspecified atom stereocenters. The van der Waals surface area contributed by atoms with E-state index in [1.807, 2.05) is 13.8 Å². The Balaban J connectivity index is 1.66. The van der Waals surface area contributed by atoms with Gasteiger partial charge >= 0.3 is 0 Å². The van der Waals surface area contributed by atoms with E-state index < -0.39 is 11.2 Å². The fourth-order valence-electron chi connectivity index (χ4n) is 2.05. The van der Waals surface area contributed by atoms with Crippen LogP contribution in [0.4, 0.5) is 0 Å². The van der Waals surface area contributed by atoms with Crippen LogP contribution in [-0.4, -0.2) is 80.5 Å². The summed E-state index contributed by atoms with van der Waals surface area (Å²) in [5.41, 5.74) is -1.12. The molecule has 2 atom stereocenters. The number of morpholine rings is 1. The zero-order chi connectivity index (χ0) is 15.2. The van der Waals surface area contributed by atoms with Crippen molar-refractivity contribution >= 4 is 0 Å². The maximum Gasteiger partial charge on any atom is 0.131 e. The molecule has 120 valence electrons. The third kappa shape index (κ3) is 5.13. The van der Waals surface area contributed by atoms with Crippen molar-refractivity contribution in [3.05, 3.63) is 0 Å². The third-order valence-electron chi connectivity index (χ3n) is 3.71. The van der Waals surface area contributed by atoms with E-state index in [9.17, 15) is 5.11 Å². The molecule has 2 aliphatic rings. The zero-order valence-electron chi connectivity index (χ0n) is 12.9. The molecule has 0 aliphatic carbocycles. The number of nitrogens with zero attached hydrogens (tertiary/aromatic N) is 1. The fourth-order valence-corrected chi connectivity index (χ4v) is 2.05. The standard InChI is InChI=1S/C15H25NO5/c1-14(10-17)12-21-15(2,13-20-14)11-19-7-3-4-16-5-8-18-9-6-16/h17H,4-6,8-13H2,1-2H3. The van der Waals surface area contributed by atoms with Crippen LogP contribution in [0.5, 0.6) is 0 Å². The van der Waals surface area contributed by atoms with E-state index in [-0.39, 0.29) is 6.61 Å². The molecule has 0 radical (unpaired) electrons. The van der Waals surface area contributed by atoms with Crippen LogP contribution in [0.25, 0.3) is 0 Å². The quantitative estimate of drug-likeness (QED) is 0.729. The van der Waals surface area contributed by atoms with Gasteiger partial charge in [0.05, 0.1) is 39.6 Å². The van der Waals surface area contributed by atoms with E-state index in [2.05, 4.69) is 16.9 Å². The predicted octanol–water partition coefficient (Wildman–Crippen LogP) is -0.147. The Labute approximate surface area is 126 Å². The summed E-state index contributed by atoms with van der Waals surface area (Å²) in [6.45, 7) is 8.87. The van der Waals surface area contributed by atoms with Gasteiger partial charge in [0.15, 0.2) is 0 Å². The molecule has 0 aromatic rings. The van der Waals surface area contributed by atoms with Crippen molar-refractivity contribution in [2.75, 3.05) is 59.3 Å². The summed E-state index contributed by atoms with van der Waals surface area (Å²) < 4.78 is 22.1. The lowest BCUT2D eigenvalue weighted by molar-refractivity contribution is -0.241. The number of hydrogen-bond donors (Lipinski definition) is 1. The first-order valence-corrected chi connectivity index (χ1v) is 7.34. The van der Waals surface area contributed by atoms with E-state index in [1.165, 1.54) is 0 Å². The van der Waals surface area contributed by atoms with E-state index >= 15 is 0 Å². The van der Waals surface area contributed by atoms with Crippen LogP contribution in [-0.2, 0) is 18.9 Å². The van der Waals surface area contributed by atoms with Crippen molar-refractivity contribution in [2.45, 2.75) is 25.0 Å². The second-order valence-corrected chi connectivity index (χ2v) is 6.09. The fraction of sp³-hybridized carbons (Fsp3) is 0.867. The van der Waals surface area contributed by atoms with Crippen molar-refractivity contribution in [1.29, 1.82) is 0 Å². The number of rotatable bonds is 4. The maximum absolute atomic E-state index is 9.22. The molecule has 6 nitrogen and oxygen atoms in total. The molecule has 0 aromatic carbocycles. The van der Waals surface area contributed by atoms with Crippen molar-refractivity contribution in [3.8, 4) is 12.0 Å². The highest BCUT2D eigenvalue weighted by Gasteiger charge is 2.39. The zero-order valence-corrected chi connectivity index (χ0v) is 12.9. The highest BCUT2D eigenvalue weighted by atomic mass is 16.6. The van der Waals surface area contributed by atoms with E-state index in [0.29, 0.717) is 26.4 Å². The molecule has 0 saturated carbocycles. The van der Waals surface area contributed by atoms with Crippen LogP contribution in [0.1, 0.15) is 13.8 Å². The second-order valence-electron chi connectivity index (χ2n) is 6.09. The minimum Gasteiger partial charge on any atom is -0.443 e. The van der Waals surface area contributed by atoms with Gasteiger partial charge in [0.25, 0.3) is 0 Å². The van der Waals surface area contributed by atoms with E-state index in [4.69, 9.17) is 18.9 Å². The molecule has 2 fully saturated rings. The lowest BCUT2D eigenvalue weighted by Gasteiger charge is -2.41. The Morgan fingerprint density at radius 2 is 1.81 bits per heavy atom. The first-order chi connectivity index (χ1) is 10.1. The molecular weight excluding hydrogens is 274 g/mol. The van der Waals surface area contributed by atoms with Crippen LogP contribution in [0, 0.1) is 12.0 Å².